The number of benzene rings is 3. The third kappa shape index (κ3) is 5.79. The Morgan fingerprint density at radius 2 is 1.51 bits per heavy atom. The number of anilines is 1. The molecule has 0 saturated carbocycles. The summed E-state index contributed by atoms with van der Waals surface area (Å²) in [6, 6.07) is 25.2. The van der Waals surface area contributed by atoms with E-state index in [1.54, 1.807) is 61.5 Å². The van der Waals surface area contributed by atoms with Gasteiger partial charge in [-0.3, -0.25) is 9.59 Å². The van der Waals surface area contributed by atoms with Gasteiger partial charge >= 0.3 is 6.18 Å². The predicted molar refractivity (Wildman–Crippen MR) is 150 cm³/mol. The van der Waals surface area contributed by atoms with Crippen molar-refractivity contribution in [3.8, 4) is 17.0 Å². The minimum atomic E-state index is -4.53. The molecule has 0 spiro atoms. The molecular formula is C32H28F3N3O3. The predicted octanol–water partition coefficient (Wildman–Crippen LogP) is 6.45. The fraction of sp³-hybridized carbons (Fsp3) is 0.219. The zero-order valence-electron chi connectivity index (χ0n) is 22.3. The van der Waals surface area contributed by atoms with Gasteiger partial charge in [0.05, 0.1) is 18.5 Å². The summed E-state index contributed by atoms with van der Waals surface area (Å²) in [4.78, 5) is 30.4. The minimum absolute atomic E-state index is 0.183. The molecule has 1 aliphatic rings. The van der Waals surface area contributed by atoms with Crippen molar-refractivity contribution in [3.63, 3.8) is 0 Å². The van der Waals surface area contributed by atoms with Crippen LogP contribution in [0.4, 0.5) is 18.9 Å². The van der Waals surface area contributed by atoms with Crippen molar-refractivity contribution in [2.75, 3.05) is 18.5 Å². The number of hydrogen-bond acceptors (Lipinski definition) is 4. The van der Waals surface area contributed by atoms with E-state index in [1.165, 1.54) is 6.20 Å². The molecule has 1 aliphatic carbocycles. The molecule has 2 amide bonds. The monoisotopic (exact) mass is 559 g/mol. The van der Waals surface area contributed by atoms with Crippen molar-refractivity contribution in [1.82, 2.24) is 10.3 Å². The third-order valence-corrected chi connectivity index (χ3v) is 7.16. The zero-order chi connectivity index (χ0) is 29.0. The summed E-state index contributed by atoms with van der Waals surface area (Å²) in [7, 11) is 0. The topological polar surface area (TPSA) is 80.3 Å². The van der Waals surface area contributed by atoms with Crippen LogP contribution in [0.2, 0.25) is 0 Å². The largest absolute Gasteiger partial charge is 0.477 e. The van der Waals surface area contributed by atoms with Crippen LogP contribution in [-0.2, 0) is 10.2 Å². The number of fused-ring (bicyclic) bond motifs is 3. The highest BCUT2D eigenvalue weighted by Crippen LogP contribution is 2.51. The van der Waals surface area contributed by atoms with Crippen molar-refractivity contribution in [3.05, 3.63) is 113 Å². The normalized spacial score (nSPS) is 13.2. The summed E-state index contributed by atoms with van der Waals surface area (Å²) in [5.41, 5.74) is 3.45. The highest BCUT2D eigenvalue weighted by molar-refractivity contribution is 6.04. The van der Waals surface area contributed by atoms with Crippen molar-refractivity contribution < 1.29 is 27.5 Å². The number of carbonyl (C=O) groups excluding carboxylic acids is 2. The second-order valence-corrected chi connectivity index (χ2v) is 9.91. The number of hydrogen-bond donors (Lipinski definition) is 2. The zero-order valence-corrected chi connectivity index (χ0v) is 22.3. The number of pyridine rings is 1. The Labute approximate surface area is 235 Å². The van der Waals surface area contributed by atoms with Gasteiger partial charge in [0.15, 0.2) is 0 Å². The van der Waals surface area contributed by atoms with Gasteiger partial charge in [0.2, 0.25) is 11.8 Å². The number of ether oxygens (including phenoxy) is 1. The SMILES string of the molecule is Cc1cc(NC(=O)c2ccccc2)cnc1OCCCC1(C(=O)NCC(F)(F)F)c2ccccc2-c2ccccc21. The Morgan fingerprint density at radius 3 is 2.12 bits per heavy atom. The average molecular weight is 560 g/mol. The van der Waals surface area contributed by atoms with Crippen molar-refractivity contribution in [1.29, 1.82) is 0 Å². The highest BCUT2D eigenvalue weighted by atomic mass is 19.4. The lowest BCUT2D eigenvalue weighted by Gasteiger charge is -2.31. The maximum Gasteiger partial charge on any atom is 0.405 e. The number of rotatable bonds is 9. The first-order valence-electron chi connectivity index (χ1n) is 13.2. The van der Waals surface area contributed by atoms with Crippen LogP contribution >= 0.6 is 0 Å². The van der Waals surface area contributed by atoms with Gasteiger partial charge in [0.25, 0.3) is 5.91 Å². The van der Waals surface area contributed by atoms with Crippen LogP contribution in [0.1, 0.15) is 39.9 Å². The van der Waals surface area contributed by atoms with Crippen LogP contribution in [0.3, 0.4) is 0 Å². The Bertz CT molecular complexity index is 1530. The molecule has 0 saturated heterocycles. The molecule has 5 rings (SSSR count). The lowest BCUT2D eigenvalue weighted by atomic mass is 9.73. The molecule has 2 N–H and O–H groups in total. The van der Waals surface area contributed by atoms with Gasteiger partial charge in [-0.05, 0) is 60.2 Å². The molecule has 0 fully saturated rings. The average Bonchev–Trinajstić information content (AvgIpc) is 3.26. The minimum Gasteiger partial charge on any atom is -0.477 e. The Morgan fingerprint density at radius 1 is 0.902 bits per heavy atom. The molecule has 3 aromatic carbocycles. The van der Waals surface area contributed by atoms with Crippen LogP contribution in [-0.4, -0.2) is 36.1 Å². The van der Waals surface area contributed by atoms with Crippen molar-refractivity contribution >= 4 is 17.5 Å². The van der Waals surface area contributed by atoms with Crippen molar-refractivity contribution in [2.45, 2.75) is 31.4 Å². The van der Waals surface area contributed by atoms with Gasteiger partial charge in [-0.15, -0.1) is 0 Å². The van der Waals surface area contributed by atoms with Gasteiger partial charge < -0.3 is 15.4 Å². The molecule has 0 bridgehead atoms. The fourth-order valence-electron chi connectivity index (χ4n) is 5.36. The second-order valence-electron chi connectivity index (χ2n) is 9.91. The summed E-state index contributed by atoms with van der Waals surface area (Å²) in [5, 5.41) is 4.94. The molecule has 0 atom stereocenters. The Kier molecular flexibility index (Phi) is 7.79. The van der Waals surface area contributed by atoms with Gasteiger partial charge in [0.1, 0.15) is 12.0 Å². The summed E-state index contributed by atoms with van der Waals surface area (Å²) in [6.45, 7) is 0.572. The smallest absolute Gasteiger partial charge is 0.405 e. The first-order valence-corrected chi connectivity index (χ1v) is 13.2. The van der Waals surface area contributed by atoms with Crippen LogP contribution in [0.25, 0.3) is 11.1 Å². The van der Waals surface area contributed by atoms with Crippen LogP contribution < -0.4 is 15.4 Å². The summed E-state index contributed by atoms with van der Waals surface area (Å²) in [6.07, 6.45) is -2.43. The maximum atomic E-state index is 13.6. The van der Waals surface area contributed by atoms with Crippen LogP contribution in [0.5, 0.6) is 5.88 Å². The lowest BCUT2D eigenvalue weighted by molar-refractivity contribution is -0.141. The molecule has 9 heteroatoms. The maximum absolute atomic E-state index is 13.6. The molecule has 0 aliphatic heterocycles. The standard InChI is InChI=1S/C32H28F3N3O3/c1-21-18-23(38-28(39)22-10-3-2-4-11-22)19-36-29(21)41-17-9-16-31(30(40)37-20-32(33,34)35)26-14-7-5-12-24(26)25-13-6-8-15-27(25)31/h2-8,10-15,18-19H,9,16-17,20H2,1H3,(H,37,40)(H,38,39). The molecular weight excluding hydrogens is 531 g/mol. The Hall–Kier alpha value is -4.66. The summed E-state index contributed by atoms with van der Waals surface area (Å²) >= 11 is 0. The lowest BCUT2D eigenvalue weighted by Crippen LogP contribution is -2.47. The van der Waals surface area contributed by atoms with Crippen LogP contribution in [0.15, 0.2) is 91.1 Å². The van der Waals surface area contributed by atoms with Gasteiger partial charge in [0, 0.05) is 11.1 Å². The third-order valence-electron chi connectivity index (χ3n) is 7.16. The number of alkyl halides is 3. The van der Waals surface area contributed by atoms with E-state index in [0.717, 1.165) is 11.1 Å². The van der Waals surface area contributed by atoms with E-state index >= 15 is 0 Å². The molecule has 1 aromatic heterocycles. The number of halogens is 3. The highest BCUT2D eigenvalue weighted by Gasteiger charge is 2.49. The van der Waals surface area contributed by atoms with Gasteiger partial charge in [-0.1, -0.05) is 66.7 Å². The number of carbonyl (C=O) groups is 2. The number of nitrogens with one attached hydrogen (secondary N) is 2. The van der Waals surface area contributed by atoms with E-state index in [-0.39, 0.29) is 18.9 Å². The van der Waals surface area contributed by atoms with Gasteiger partial charge in [-0.2, -0.15) is 13.2 Å². The van der Waals surface area contributed by atoms with E-state index < -0.39 is 24.0 Å². The number of aryl methyl sites for hydroxylation is 1. The molecule has 4 aromatic rings. The van der Waals surface area contributed by atoms with E-state index in [1.807, 2.05) is 30.3 Å². The molecule has 210 valence electrons. The summed E-state index contributed by atoms with van der Waals surface area (Å²) in [5.74, 6) is -0.586. The van der Waals surface area contributed by atoms with E-state index in [4.69, 9.17) is 4.74 Å². The number of nitrogens with zero attached hydrogens (tertiary/aromatic N) is 1. The summed E-state index contributed by atoms with van der Waals surface area (Å²) < 4.78 is 45.1. The quantitative estimate of drug-likeness (QED) is 0.231. The first-order chi connectivity index (χ1) is 19.7. The molecule has 0 unspecified atom stereocenters. The number of aromatic nitrogens is 1. The van der Waals surface area contributed by atoms with Crippen LogP contribution in [0, 0.1) is 6.92 Å². The number of amides is 2. The van der Waals surface area contributed by atoms with E-state index in [2.05, 4.69) is 15.6 Å². The van der Waals surface area contributed by atoms with Crippen molar-refractivity contribution in [2.24, 2.45) is 0 Å². The first kappa shape index (κ1) is 27.9. The molecule has 1 heterocycles. The second kappa shape index (κ2) is 11.4. The fourth-order valence-corrected chi connectivity index (χ4v) is 5.36. The Balaban J connectivity index is 1.31. The molecule has 0 radical (unpaired) electrons. The van der Waals surface area contributed by atoms with E-state index in [9.17, 15) is 22.8 Å². The van der Waals surface area contributed by atoms with Gasteiger partial charge in [-0.25, -0.2) is 4.98 Å². The molecule has 41 heavy (non-hydrogen) atoms. The molecule has 6 nitrogen and oxygen atoms in total. The van der Waals surface area contributed by atoms with E-state index in [0.29, 0.717) is 40.2 Å².